The molecule has 3 rings (SSSR count). The van der Waals surface area contributed by atoms with Gasteiger partial charge in [0.05, 0.1) is 12.3 Å². The average molecular weight is 421 g/mol. The van der Waals surface area contributed by atoms with E-state index >= 15 is 0 Å². The first kappa shape index (κ1) is 19.5. The lowest BCUT2D eigenvalue weighted by atomic mass is 10.4. The number of rotatable bonds is 6. The zero-order chi connectivity index (χ0) is 20.3. The number of hydrogen-bond acceptors (Lipinski definition) is 10. The molecule has 146 valence electrons. The number of amides is 1. The fraction of sp³-hybridized carbons (Fsp3) is 0.188. The van der Waals surface area contributed by atoms with E-state index in [0.29, 0.717) is 5.69 Å². The van der Waals surface area contributed by atoms with Gasteiger partial charge in [0.1, 0.15) is 11.4 Å². The lowest BCUT2D eigenvalue weighted by Crippen LogP contribution is -2.13. The van der Waals surface area contributed by atoms with Crippen molar-refractivity contribution in [2.45, 2.75) is 6.92 Å². The van der Waals surface area contributed by atoms with E-state index in [1.54, 1.807) is 20.2 Å². The van der Waals surface area contributed by atoms with Gasteiger partial charge >= 0.3 is 11.9 Å². The molecular weight excluding hydrogens is 406 g/mol. The molecule has 1 amide bonds. The Labute approximate surface area is 166 Å². The van der Waals surface area contributed by atoms with Crippen molar-refractivity contribution in [3.63, 3.8) is 0 Å². The highest BCUT2D eigenvalue weighted by atomic mass is 32.1. The van der Waals surface area contributed by atoms with Crippen LogP contribution in [0.5, 0.6) is 5.19 Å². The molecule has 0 unspecified atom stereocenters. The van der Waals surface area contributed by atoms with Gasteiger partial charge in [-0.05, 0) is 13.0 Å². The van der Waals surface area contributed by atoms with E-state index in [9.17, 15) is 14.4 Å². The molecule has 28 heavy (non-hydrogen) atoms. The number of carbonyl (C=O) groups is 3. The van der Waals surface area contributed by atoms with Gasteiger partial charge in [-0.2, -0.15) is 4.98 Å². The highest BCUT2D eigenvalue weighted by molar-refractivity contribution is 7.13. The number of anilines is 2. The Balaban J connectivity index is 1.68. The van der Waals surface area contributed by atoms with E-state index in [0.717, 1.165) is 22.7 Å². The van der Waals surface area contributed by atoms with Crippen LogP contribution in [0, 0.1) is 0 Å². The van der Waals surface area contributed by atoms with Gasteiger partial charge in [-0.3, -0.25) is 4.79 Å². The van der Waals surface area contributed by atoms with Crippen molar-refractivity contribution in [2.75, 3.05) is 17.7 Å². The summed E-state index contributed by atoms with van der Waals surface area (Å²) in [5.41, 5.74) is 6.34. The second-order valence-corrected chi connectivity index (χ2v) is 7.07. The van der Waals surface area contributed by atoms with Gasteiger partial charge in [0, 0.05) is 24.0 Å². The molecule has 0 aromatic carbocycles. The third-order valence-corrected chi connectivity index (χ3v) is 4.77. The molecule has 0 radical (unpaired) electrons. The molecule has 3 aromatic heterocycles. The molecule has 0 atom stereocenters. The first-order valence-electron chi connectivity index (χ1n) is 7.91. The lowest BCUT2D eigenvalue weighted by Gasteiger charge is -2.01. The quantitative estimate of drug-likeness (QED) is 0.578. The summed E-state index contributed by atoms with van der Waals surface area (Å²) >= 11 is 2.15. The molecule has 0 spiro atoms. The van der Waals surface area contributed by atoms with Crippen molar-refractivity contribution in [3.05, 3.63) is 40.1 Å². The van der Waals surface area contributed by atoms with E-state index in [-0.39, 0.29) is 34.0 Å². The number of nitrogens with two attached hydrogens (primary N) is 1. The number of ether oxygens (including phenoxy) is 2. The summed E-state index contributed by atoms with van der Waals surface area (Å²) < 4.78 is 11.5. The summed E-state index contributed by atoms with van der Waals surface area (Å²) in [5.74, 6) is -1.73. The van der Waals surface area contributed by atoms with Crippen LogP contribution >= 0.6 is 22.7 Å². The maximum atomic E-state index is 12.4. The minimum atomic E-state index is -0.689. The van der Waals surface area contributed by atoms with Crippen molar-refractivity contribution in [3.8, 4) is 5.19 Å². The van der Waals surface area contributed by atoms with Crippen LogP contribution in [0.4, 0.5) is 10.8 Å². The van der Waals surface area contributed by atoms with E-state index in [2.05, 4.69) is 15.3 Å². The molecule has 0 bridgehead atoms. The summed E-state index contributed by atoms with van der Waals surface area (Å²) in [6.45, 7) is 1.90. The molecule has 0 aliphatic carbocycles. The second kappa shape index (κ2) is 8.19. The largest absolute Gasteiger partial charge is 0.461 e. The number of nitrogens with zero attached hydrogens (tertiary/aromatic N) is 3. The first-order valence-corrected chi connectivity index (χ1v) is 9.66. The first-order chi connectivity index (χ1) is 13.4. The number of aromatic nitrogens is 3. The Morgan fingerprint density at radius 1 is 1.18 bits per heavy atom. The molecule has 0 fully saturated rings. The average Bonchev–Trinajstić information content (AvgIpc) is 3.35. The van der Waals surface area contributed by atoms with Gasteiger partial charge in [-0.25, -0.2) is 14.6 Å². The number of aryl methyl sites for hydroxylation is 1. The van der Waals surface area contributed by atoms with Crippen molar-refractivity contribution in [1.29, 1.82) is 0 Å². The number of esters is 2. The predicted molar refractivity (Wildman–Crippen MR) is 103 cm³/mol. The van der Waals surface area contributed by atoms with Gasteiger partial charge in [0.25, 0.3) is 11.1 Å². The fourth-order valence-corrected chi connectivity index (χ4v) is 3.34. The third-order valence-electron chi connectivity index (χ3n) is 3.37. The molecular formula is C16H15N5O5S2. The maximum absolute atomic E-state index is 12.4. The van der Waals surface area contributed by atoms with Crippen LogP contribution in [-0.4, -0.2) is 39.0 Å². The van der Waals surface area contributed by atoms with E-state index in [1.807, 2.05) is 0 Å². The Morgan fingerprint density at radius 3 is 2.61 bits per heavy atom. The van der Waals surface area contributed by atoms with Crippen LogP contribution in [-0.2, 0) is 11.8 Å². The standard InChI is InChI=1S/C16H15N5O5S2/c1-3-25-13(23)10-7-28-16(20-10)26-14(24)11-4-8(5-21(11)2)18-12(22)9-6-27-15(17)19-9/h4-7H,3H2,1-2H3,(H2,17,19)(H,18,22). The topological polar surface area (TPSA) is 138 Å². The molecule has 0 aliphatic heterocycles. The molecule has 10 nitrogen and oxygen atoms in total. The van der Waals surface area contributed by atoms with Crippen LogP contribution in [0.3, 0.4) is 0 Å². The van der Waals surface area contributed by atoms with Crippen LogP contribution in [0.2, 0.25) is 0 Å². The summed E-state index contributed by atoms with van der Waals surface area (Å²) in [6, 6.07) is 1.45. The Morgan fingerprint density at radius 2 is 1.93 bits per heavy atom. The van der Waals surface area contributed by atoms with Crippen molar-refractivity contribution in [1.82, 2.24) is 14.5 Å². The lowest BCUT2D eigenvalue weighted by molar-refractivity contribution is 0.0517. The van der Waals surface area contributed by atoms with E-state index in [1.165, 1.54) is 21.4 Å². The normalized spacial score (nSPS) is 10.5. The third kappa shape index (κ3) is 4.35. The minimum absolute atomic E-state index is 0.0118. The van der Waals surface area contributed by atoms with Crippen molar-refractivity contribution in [2.24, 2.45) is 7.05 Å². The second-order valence-electron chi connectivity index (χ2n) is 5.36. The van der Waals surface area contributed by atoms with E-state index in [4.69, 9.17) is 15.2 Å². The van der Waals surface area contributed by atoms with Gasteiger partial charge in [-0.15, -0.1) is 11.3 Å². The number of nitrogens with one attached hydrogen (secondary N) is 1. The number of hydrogen-bond donors (Lipinski definition) is 2. The van der Waals surface area contributed by atoms with Crippen LogP contribution in [0.15, 0.2) is 23.0 Å². The molecule has 0 saturated heterocycles. The van der Waals surface area contributed by atoms with Gasteiger partial charge in [0.15, 0.2) is 10.8 Å². The highest BCUT2D eigenvalue weighted by Gasteiger charge is 2.19. The van der Waals surface area contributed by atoms with Crippen molar-refractivity contribution < 1.29 is 23.9 Å². The SMILES string of the molecule is CCOC(=O)c1csc(OC(=O)c2cc(NC(=O)c3csc(N)n3)cn2C)n1. The summed E-state index contributed by atoms with van der Waals surface area (Å²) in [4.78, 5) is 43.9. The van der Waals surface area contributed by atoms with Gasteiger partial charge < -0.3 is 25.1 Å². The smallest absolute Gasteiger partial charge is 0.362 e. The highest BCUT2D eigenvalue weighted by Crippen LogP contribution is 2.22. The molecule has 0 saturated carbocycles. The fourth-order valence-electron chi connectivity index (χ4n) is 2.16. The maximum Gasteiger partial charge on any atom is 0.362 e. The predicted octanol–water partition coefficient (Wildman–Crippen LogP) is 2.17. The summed E-state index contributed by atoms with van der Waals surface area (Å²) in [5, 5.41) is 5.90. The Kier molecular flexibility index (Phi) is 5.70. The molecule has 3 aromatic rings. The summed E-state index contributed by atoms with van der Waals surface area (Å²) in [7, 11) is 1.62. The van der Waals surface area contributed by atoms with Crippen molar-refractivity contribution >= 4 is 51.3 Å². The monoisotopic (exact) mass is 421 g/mol. The molecule has 3 heterocycles. The molecule has 0 aliphatic rings. The number of carbonyl (C=O) groups excluding carboxylic acids is 3. The summed E-state index contributed by atoms with van der Waals surface area (Å²) in [6.07, 6.45) is 1.55. The van der Waals surface area contributed by atoms with Crippen LogP contribution in [0.1, 0.15) is 38.4 Å². The van der Waals surface area contributed by atoms with E-state index < -0.39 is 17.8 Å². The Hall–Kier alpha value is -3.25. The molecule has 12 heteroatoms. The minimum Gasteiger partial charge on any atom is -0.461 e. The zero-order valence-corrected chi connectivity index (χ0v) is 16.4. The molecule has 3 N–H and O–H groups in total. The number of thiazole rings is 2. The van der Waals surface area contributed by atoms with Crippen LogP contribution in [0.25, 0.3) is 0 Å². The van der Waals surface area contributed by atoms with Gasteiger partial charge in [-0.1, -0.05) is 11.3 Å². The van der Waals surface area contributed by atoms with Gasteiger partial charge in [0.2, 0.25) is 0 Å². The Bertz CT molecular complexity index is 1040. The zero-order valence-electron chi connectivity index (χ0n) is 14.8. The number of nitrogen functional groups attached to an aromatic ring is 1. The van der Waals surface area contributed by atoms with Crippen LogP contribution < -0.4 is 15.8 Å².